The number of rotatable bonds is 5. The van der Waals surface area contributed by atoms with Gasteiger partial charge in [0, 0.05) is 24.2 Å². The van der Waals surface area contributed by atoms with Gasteiger partial charge in [0.2, 0.25) is 0 Å². The number of aliphatic hydroxyl groups is 1. The molecule has 0 fully saturated rings. The second-order valence-electron chi connectivity index (χ2n) is 6.06. The first-order valence-electron chi connectivity index (χ1n) is 8.43. The number of pyridine rings is 1. The Bertz CT molecular complexity index is 1240. The number of aromatic nitrogens is 9. The molecule has 134 valence electrons. The van der Waals surface area contributed by atoms with E-state index in [1.165, 1.54) is 0 Å². The van der Waals surface area contributed by atoms with Gasteiger partial charge in [-0.15, -0.1) is 5.10 Å². The molecular formula is C17H15N9O. The summed E-state index contributed by atoms with van der Waals surface area (Å²) in [5.41, 5.74) is 4.65. The van der Waals surface area contributed by atoms with Crippen LogP contribution in [0.25, 0.3) is 28.1 Å². The van der Waals surface area contributed by atoms with E-state index in [0.717, 1.165) is 22.6 Å². The quantitative estimate of drug-likeness (QED) is 0.492. The van der Waals surface area contributed by atoms with E-state index < -0.39 is 0 Å². The summed E-state index contributed by atoms with van der Waals surface area (Å²) in [7, 11) is 0. The molecule has 27 heavy (non-hydrogen) atoms. The number of hydrogen-bond donors (Lipinski definition) is 1. The highest BCUT2D eigenvalue weighted by molar-refractivity contribution is 5.74. The molecule has 5 aromatic heterocycles. The maximum absolute atomic E-state index is 9.03. The van der Waals surface area contributed by atoms with E-state index in [4.69, 9.17) is 10.1 Å². The van der Waals surface area contributed by atoms with Crippen molar-refractivity contribution < 1.29 is 5.11 Å². The van der Waals surface area contributed by atoms with Gasteiger partial charge >= 0.3 is 0 Å². The van der Waals surface area contributed by atoms with Crippen molar-refractivity contribution in [1.82, 2.24) is 44.4 Å². The van der Waals surface area contributed by atoms with Crippen LogP contribution in [0.1, 0.15) is 5.69 Å². The van der Waals surface area contributed by atoms with Gasteiger partial charge in [0.1, 0.15) is 5.52 Å². The summed E-state index contributed by atoms with van der Waals surface area (Å²) in [4.78, 5) is 8.90. The standard InChI is InChI=1S/C17H15N9O/c27-8-7-24-10-12(9-19-24)14-2-3-15-17(20-14)26(23-21-15)11-13-1-4-16-18-5-6-25(16)22-13/h1-6,9-10,27H,7-8,11H2. The lowest BCUT2D eigenvalue weighted by molar-refractivity contribution is 0.269. The molecule has 10 heteroatoms. The van der Waals surface area contributed by atoms with Gasteiger partial charge in [-0.25, -0.2) is 19.2 Å². The van der Waals surface area contributed by atoms with E-state index in [1.54, 1.807) is 32.5 Å². The molecule has 0 unspecified atom stereocenters. The Balaban J connectivity index is 1.50. The summed E-state index contributed by atoms with van der Waals surface area (Å²) in [6.07, 6.45) is 7.10. The van der Waals surface area contributed by atoms with Crippen LogP contribution in [0.15, 0.2) is 49.1 Å². The van der Waals surface area contributed by atoms with Crippen molar-refractivity contribution in [3.63, 3.8) is 0 Å². The molecule has 1 N–H and O–H groups in total. The predicted molar refractivity (Wildman–Crippen MR) is 95.7 cm³/mol. The maximum Gasteiger partial charge on any atom is 0.179 e. The lowest BCUT2D eigenvalue weighted by Crippen LogP contribution is -2.07. The maximum atomic E-state index is 9.03. The SMILES string of the molecule is OCCn1cc(-c2ccc3nnn(Cc4ccc5nccn5n4)c3n2)cn1. The number of imidazole rings is 1. The summed E-state index contributed by atoms with van der Waals surface area (Å²) >= 11 is 0. The van der Waals surface area contributed by atoms with Gasteiger partial charge in [-0.2, -0.15) is 10.2 Å². The van der Waals surface area contributed by atoms with Crippen LogP contribution in [0.2, 0.25) is 0 Å². The lowest BCUT2D eigenvalue weighted by Gasteiger charge is -2.03. The normalized spacial score (nSPS) is 11.6. The molecule has 0 aliphatic rings. The molecule has 0 aromatic carbocycles. The molecule has 0 atom stereocenters. The highest BCUT2D eigenvalue weighted by Crippen LogP contribution is 2.19. The molecular weight excluding hydrogens is 346 g/mol. The number of hydrogen-bond acceptors (Lipinski definition) is 7. The third-order valence-corrected chi connectivity index (χ3v) is 4.24. The van der Waals surface area contributed by atoms with Gasteiger partial charge in [0.05, 0.1) is 37.3 Å². The summed E-state index contributed by atoms with van der Waals surface area (Å²) < 4.78 is 5.13. The van der Waals surface area contributed by atoms with E-state index >= 15 is 0 Å². The fourth-order valence-electron chi connectivity index (χ4n) is 2.93. The zero-order valence-corrected chi connectivity index (χ0v) is 14.2. The van der Waals surface area contributed by atoms with E-state index in [-0.39, 0.29) is 6.61 Å². The summed E-state index contributed by atoms with van der Waals surface area (Å²) in [6, 6.07) is 7.60. The van der Waals surface area contributed by atoms with Crippen LogP contribution in [-0.2, 0) is 13.1 Å². The Labute approximate surface area is 152 Å². The zero-order chi connectivity index (χ0) is 18.2. The fourth-order valence-corrected chi connectivity index (χ4v) is 2.93. The Morgan fingerprint density at radius 1 is 1.11 bits per heavy atom. The highest BCUT2D eigenvalue weighted by Gasteiger charge is 2.11. The topological polar surface area (TPSA) is 112 Å². The molecule has 5 rings (SSSR count). The minimum atomic E-state index is 0.0402. The zero-order valence-electron chi connectivity index (χ0n) is 14.2. The molecule has 10 nitrogen and oxygen atoms in total. The second kappa shape index (κ2) is 6.25. The molecule has 0 bridgehead atoms. The van der Waals surface area contributed by atoms with Crippen molar-refractivity contribution in [2.75, 3.05) is 6.61 Å². The smallest absolute Gasteiger partial charge is 0.179 e. The fraction of sp³-hybridized carbons (Fsp3) is 0.176. The Morgan fingerprint density at radius 3 is 3.00 bits per heavy atom. The first kappa shape index (κ1) is 15.6. The van der Waals surface area contributed by atoms with Crippen molar-refractivity contribution in [2.45, 2.75) is 13.1 Å². The Morgan fingerprint density at radius 2 is 2.07 bits per heavy atom. The van der Waals surface area contributed by atoms with Crippen LogP contribution in [-0.4, -0.2) is 56.1 Å². The van der Waals surface area contributed by atoms with Gasteiger partial charge in [0.15, 0.2) is 11.3 Å². The van der Waals surface area contributed by atoms with Gasteiger partial charge in [-0.1, -0.05) is 5.21 Å². The molecule has 0 radical (unpaired) electrons. The lowest BCUT2D eigenvalue weighted by atomic mass is 10.2. The summed E-state index contributed by atoms with van der Waals surface area (Å²) in [5.74, 6) is 0. The molecule has 5 heterocycles. The first-order valence-corrected chi connectivity index (χ1v) is 8.43. The third kappa shape index (κ3) is 2.81. The van der Waals surface area contributed by atoms with Crippen molar-refractivity contribution in [2.24, 2.45) is 0 Å². The van der Waals surface area contributed by atoms with Gasteiger partial charge in [-0.05, 0) is 24.3 Å². The molecule has 0 saturated heterocycles. The van der Waals surface area contributed by atoms with Crippen molar-refractivity contribution in [1.29, 1.82) is 0 Å². The average Bonchev–Trinajstić information content (AvgIpc) is 3.41. The molecule has 0 aliphatic heterocycles. The Kier molecular flexibility index (Phi) is 3.61. The molecule has 0 saturated carbocycles. The van der Waals surface area contributed by atoms with E-state index in [2.05, 4.69) is 25.5 Å². The highest BCUT2D eigenvalue weighted by atomic mass is 16.3. The van der Waals surface area contributed by atoms with Crippen molar-refractivity contribution in [3.05, 3.63) is 54.7 Å². The Hall–Kier alpha value is -3.66. The average molecular weight is 361 g/mol. The predicted octanol–water partition coefficient (Wildman–Crippen LogP) is 0.773. The van der Waals surface area contributed by atoms with E-state index in [1.807, 2.05) is 30.5 Å². The minimum Gasteiger partial charge on any atom is -0.394 e. The minimum absolute atomic E-state index is 0.0402. The number of fused-ring (bicyclic) bond motifs is 2. The van der Waals surface area contributed by atoms with Crippen LogP contribution < -0.4 is 0 Å². The van der Waals surface area contributed by atoms with Gasteiger partial charge < -0.3 is 5.11 Å². The van der Waals surface area contributed by atoms with Crippen LogP contribution in [0.4, 0.5) is 0 Å². The van der Waals surface area contributed by atoms with Crippen LogP contribution >= 0.6 is 0 Å². The molecule has 0 spiro atoms. The largest absolute Gasteiger partial charge is 0.394 e. The molecule has 0 aliphatic carbocycles. The van der Waals surface area contributed by atoms with Crippen molar-refractivity contribution in [3.8, 4) is 11.3 Å². The van der Waals surface area contributed by atoms with E-state index in [0.29, 0.717) is 24.3 Å². The van der Waals surface area contributed by atoms with Crippen LogP contribution in [0, 0.1) is 0 Å². The number of nitrogens with zero attached hydrogens (tertiary/aromatic N) is 9. The van der Waals surface area contributed by atoms with E-state index in [9.17, 15) is 0 Å². The van der Waals surface area contributed by atoms with Gasteiger partial charge in [0.25, 0.3) is 0 Å². The summed E-state index contributed by atoms with van der Waals surface area (Å²) in [5, 5.41) is 26.2. The first-order chi connectivity index (χ1) is 13.3. The third-order valence-electron chi connectivity index (χ3n) is 4.24. The second-order valence-corrected chi connectivity index (χ2v) is 6.06. The van der Waals surface area contributed by atoms with Crippen LogP contribution in [0.5, 0.6) is 0 Å². The summed E-state index contributed by atoms with van der Waals surface area (Å²) in [6.45, 7) is 0.938. The van der Waals surface area contributed by atoms with Crippen LogP contribution in [0.3, 0.4) is 0 Å². The van der Waals surface area contributed by atoms with Crippen molar-refractivity contribution >= 4 is 16.8 Å². The molecule has 0 amide bonds. The number of aliphatic hydroxyl groups excluding tert-OH is 1. The monoisotopic (exact) mass is 361 g/mol. The molecule has 5 aromatic rings. The van der Waals surface area contributed by atoms with Gasteiger partial charge in [-0.3, -0.25) is 4.68 Å².